The molecule has 1 heterocycles. The Bertz CT molecular complexity index is 2010. The molecule has 0 saturated carbocycles. The smallest absolute Gasteiger partial charge is 0.198 e. The number of anilines is 5. The zero-order valence-corrected chi connectivity index (χ0v) is 24.9. The molecule has 43 heavy (non-hydrogen) atoms. The van der Waals surface area contributed by atoms with Crippen molar-refractivity contribution in [1.29, 1.82) is 0 Å². The minimum absolute atomic E-state index is 0.0767. The summed E-state index contributed by atoms with van der Waals surface area (Å²) in [6.07, 6.45) is 0. The Hall–Kier alpha value is -5.02. The second kappa shape index (κ2) is 9.78. The first-order valence-corrected chi connectivity index (χ1v) is 15.2. The predicted molar refractivity (Wildman–Crippen MR) is 185 cm³/mol. The van der Waals surface area contributed by atoms with Crippen molar-refractivity contribution in [2.75, 3.05) is 10.2 Å². The Balaban J connectivity index is 1.40. The summed E-state index contributed by atoms with van der Waals surface area (Å²) >= 11 is 0. The second-order valence-corrected chi connectivity index (χ2v) is 12.4. The molecule has 1 aliphatic carbocycles. The van der Waals surface area contributed by atoms with Crippen molar-refractivity contribution in [1.82, 2.24) is 0 Å². The van der Waals surface area contributed by atoms with Crippen LogP contribution in [0.15, 0.2) is 133 Å². The molecular weight excluding hydrogens is 519 g/mol. The maximum atomic E-state index is 3.84. The van der Waals surface area contributed by atoms with E-state index in [0.29, 0.717) is 0 Å². The lowest BCUT2D eigenvalue weighted by Gasteiger charge is -2.35. The predicted octanol–water partition coefficient (Wildman–Crippen LogP) is 8.88. The lowest BCUT2D eigenvalue weighted by Crippen LogP contribution is -2.41. The molecule has 2 aliphatic rings. The highest BCUT2D eigenvalue weighted by Crippen LogP contribution is 2.52. The number of rotatable bonds is 4. The number of hydrogen-bond donors (Lipinski definition) is 1. The number of hydrogen-bond acceptors (Lipinski definition) is 2. The van der Waals surface area contributed by atoms with E-state index >= 15 is 0 Å². The largest absolute Gasteiger partial charge is 0.355 e. The van der Waals surface area contributed by atoms with E-state index in [9.17, 15) is 0 Å². The van der Waals surface area contributed by atoms with Gasteiger partial charge in [-0.05, 0) is 94.3 Å². The van der Waals surface area contributed by atoms with Gasteiger partial charge in [-0.3, -0.25) is 0 Å². The molecule has 8 rings (SSSR count). The van der Waals surface area contributed by atoms with Gasteiger partial charge in [-0.15, -0.1) is 0 Å². The van der Waals surface area contributed by atoms with E-state index in [1.807, 2.05) is 0 Å². The number of para-hydroxylation sites is 3. The van der Waals surface area contributed by atoms with Gasteiger partial charge < -0.3 is 10.2 Å². The number of nitrogens with zero attached hydrogens (tertiary/aromatic N) is 1. The highest BCUT2D eigenvalue weighted by molar-refractivity contribution is 6.73. The van der Waals surface area contributed by atoms with Gasteiger partial charge >= 0.3 is 0 Å². The molecule has 0 fully saturated rings. The van der Waals surface area contributed by atoms with Crippen LogP contribution in [0.25, 0.3) is 22.3 Å². The van der Waals surface area contributed by atoms with Gasteiger partial charge in [-0.2, -0.15) is 0 Å². The van der Waals surface area contributed by atoms with Gasteiger partial charge in [0.15, 0.2) is 7.28 Å². The van der Waals surface area contributed by atoms with Crippen molar-refractivity contribution in [2.24, 2.45) is 0 Å². The van der Waals surface area contributed by atoms with Gasteiger partial charge in [-0.25, -0.2) is 0 Å². The van der Waals surface area contributed by atoms with Crippen LogP contribution < -0.4 is 21.1 Å². The first-order chi connectivity index (χ1) is 21.0. The summed E-state index contributed by atoms with van der Waals surface area (Å²) in [7, 11) is 0.883. The number of fused-ring (bicyclic) bond motifs is 5. The zero-order chi connectivity index (χ0) is 29.1. The molecule has 0 bridgehead atoms. The summed E-state index contributed by atoms with van der Waals surface area (Å²) in [5.41, 5.74) is 17.8. The standard InChI is InChI=1S/C40H33BN2/c1-26-22-32(39-38(23-26)43(28-16-8-5-9-17-28)37-21-13-12-20-35(37)41-39)31-24-30-29-18-10-11-19-33(29)40(2,3)34(30)25-36(31)42-27-14-6-4-7-15-27/h4-25,41-42H,1-3H3. The van der Waals surface area contributed by atoms with Gasteiger partial charge in [0.25, 0.3) is 0 Å². The summed E-state index contributed by atoms with van der Waals surface area (Å²) in [4.78, 5) is 2.45. The average molecular weight is 553 g/mol. The van der Waals surface area contributed by atoms with Crippen LogP contribution in [0.1, 0.15) is 30.5 Å². The van der Waals surface area contributed by atoms with Crippen LogP contribution in [0.5, 0.6) is 0 Å². The van der Waals surface area contributed by atoms with Crippen LogP contribution in [0.4, 0.5) is 28.4 Å². The Labute approximate surface area is 254 Å². The third kappa shape index (κ3) is 4.11. The third-order valence-corrected chi connectivity index (χ3v) is 9.29. The molecule has 1 aliphatic heterocycles. The van der Waals surface area contributed by atoms with E-state index in [1.165, 1.54) is 66.9 Å². The molecule has 0 unspecified atom stereocenters. The lowest BCUT2D eigenvalue weighted by atomic mass is 9.58. The van der Waals surface area contributed by atoms with Crippen LogP contribution in [0.2, 0.25) is 0 Å². The van der Waals surface area contributed by atoms with Crippen LogP contribution in [0.3, 0.4) is 0 Å². The molecule has 3 heteroatoms. The molecule has 2 nitrogen and oxygen atoms in total. The maximum absolute atomic E-state index is 3.84. The van der Waals surface area contributed by atoms with Crippen molar-refractivity contribution in [3.63, 3.8) is 0 Å². The van der Waals surface area contributed by atoms with E-state index in [-0.39, 0.29) is 5.41 Å². The quantitative estimate of drug-likeness (QED) is 0.220. The van der Waals surface area contributed by atoms with Crippen molar-refractivity contribution in [3.8, 4) is 22.3 Å². The highest BCUT2D eigenvalue weighted by atomic mass is 15.1. The van der Waals surface area contributed by atoms with Crippen LogP contribution >= 0.6 is 0 Å². The molecule has 0 amide bonds. The molecule has 0 radical (unpaired) electrons. The molecule has 6 aromatic rings. The summed E-state index contributed by atoms with van der Waals surface area (Å²) in [5.74, 6) is 0. The Morgan fingerprint density at radius 2 is 1.28 bits per heavy atom. The molecule has 6 aromatic carbocycles. The fourth-order valence-electron chi connectivity index (χ4n) is 7.23. The highest BCUT2D eigenvalue weighted by Gasteiger charge is 2.37. The van der Waals surface area contributed by atoms with Crippen LogP contribution in [-0.4, -0.2) is 7.28 Å². The van der Waals surface area contributed by atoms with Gasteiger partial charge in [-0.1, -0.05) is 104 Å². The fraction of sp³-hybridized carbons (Fsp3) is 0.100. The van der Waals surface area contributed by atoms with E-state index in [1.54, 1.807) is 0 Å². The summed E-state index contributed by atoms with van der Waals surface area (Å²) in [6, 6.07) is 48.7. The summed E-state index contributed by atoms with van der Waals surface area (Å²) < 4.78 is 0. The fourth-order valence-corrected chi connectivity index (χ4v) is 7.23. The maximum Gasteiger partial charge on any atom is 0.198 e. The van der Waals surface area contributed by atoms with Gasteiger partial charge in [0.05, 0.1) is 0 Å². The normalized spacial score (nSPS) is 13.8. The summed E-state index contributed by atoms with van der Waals surface area (Å²) in [6.45, 7) is 6.93. The number of nitrogens with one attached hydrogen (secondary N) is 1. The van der Waals surface area contributed by atoms with Crippen molar-refractivity contribution >= 4 is 46.6 Å². The van der Waals surface area contributed by atoms with Crippen molar-refractivity contribution in [2.45, 2.75) is 26.2 Å². The van der Waals surface area contributed by atoms with Crippen molar-refractivity contribution in [3.05, 3.63) is 150 Å². The third-order valence-electron chi connectivity index (χ3n) is 9.29. The SMILES string of the molecule is Cc1cc(-c2cc3c(cc2Nc2ccccc2)C(C)(C)c2ccccc2-3)c2c(c1)N(c1ccccc1)c1ccccc1B2. The van der Waals surface area contributed by atoms with Crippen LogP contribution in [0, 0.1) is 6.92 Å². The van der Waals surface area contributed by atoms with Crippen molar-refractivity contribution < 1.29 is 0 Å². The van der Waals surface area contributed by atoms with Gasteiger partial charge in [0.1, 0.15) is 0 Å². The lowest BCUT2D eigenvalue weighted by molar-refractivity contribution is 0.660. The number of aryl methyl sites for hydroxylation is 1. The number of benzene rings is 6. The first-order valence-electron chi connectivity index (χ1n) is 15.2. The van der Waals surface area contributed by atoms with E-state index < -0.39 is 0 Å². The zero-order valence-electron chi connectivity index (χ0n) is 24.9. The van der Waals surface area contributed by atoms with Gasteiger partial charge in [0, 0.05) is 39.4 Å². The molecule has 206 valence electrons. The molecule has 1 N–H and O–H groups in total. The second-order valence-electron chi connectivity index (χ2n) is 12.4. The Morgan fingerprint density at radius 3 is 2.09 bits per heavy atom. The molecular formula is C40H33BN2. The molecule has 0 aromatic heterocycles. The topological polar surface area (TPSA) is 15.3 Å². The first kappa shape index (κ1) is 25.7. The Morgan fingerprint density at radius 1 is 0.581 bits per heavy atom. The van der Waals surface area contributed by atoms with Crippen LogP contribution in [-0.2, 0) is 5.41 Å². The Kier molecular flexibility index (Phi) is 5.84. The van der Waals surface area contributed by atoms with E-state index in [2.05, 4.69) is 164 Å². The van der Waals surface area contributed by atoms with E-state index in [4.69, 9.17) is 0 Å². The minimum atomic E-state index is -0.0767. The minimum Gasteiger partial charge on any atom is -0.355 e. The molecule has 0 spiro atoms. The van der Waals surface area contributed by atoms with Gasteiger partial charge in [0.2, 0.25) is 0 Å². The average Bonchev–Trinajstić information content (AvgIpc) is 3.26. The molecule has 0 saturated heterocycles. The molecule has 0 atom stereocenters. The van der Waals surface area contributed by atoms with E-state index in [0.717, 1.165) is 18.7 Å². The monoisotopic (exact) mass is 552 g/mol. The summed E-state index contributed by atoms with van der Waals surface area (Å²) in [5, 5.41) is 3.84.